The molecule has 0 atom stereocenters. The fraction of sp³-hybridized carbons (Fsp3) is 0.273. The van der Waals surface area contributed by atoms with Gasteiger partial charge in [0.05, 0.1) is 23.7 Å². The summed E-state index contributed by atoms with van der Waals surface area (Å²) in [7, 11) is -1.86. The molecule has 1 N–H and O–H groups in total. The largest absolute Gasteiger partial charge is 1.00 e. The SMILES string of the molecule is C[S-](=O)=O.[CH2-]CC(C[CH2-])c1ccc(C(F)(F)F)c(-c2ccn3ncc(CC(=O)O)c3c2)c1.[Li+]. The molecular formula is C22H22F3LiN2O4S-2. The third-order valence-corrected chi connectivity index (χ3v) is 4.77. The zero-order chi connectivity index (χ0) is 24.1. The van der Waals surface area contributed by atoms with Crippen LogP contribution in [0.25, 0.3) is 16.6 Å². The summed E-state index contributed by atoms with van der Waals surface area (Å²) in [5.41, 5.74) is 1.29. The van der Waals surface area contributed by atoms with Crippen LogP contribution in [0.15, 0.2) is 42.7 Å². The first-order valence-corrected chi connectivity index (χ1v) is 10.9. The molecule has 0 unspecified atom stereocenters. The minimum Gasteiger partial charge on any atom is -0.481 e. The van der Waals surface area contributed by atoms with E-state index in [9.17, 15) is 18.0 Å². The quantitative estimate of drug-likeness (QED) is 0.336. The van der Waals surface area contributed by atoms with E-state index in [2.05, 4.69) is 18.9 Å². The van der Waals surface area contributed by atoms with Gasteiger partial charge in [-0.2, -0.15) is 31.1 Å². The second-order valence-electron chi connectivity index (χ2n) is 6.96. The standard InChI is InChI=1S/C21H19F3N2O2.CH3O2S.Li/c1-3-13(4-2)14-5-6-18(21(22,23)24)17(9-14)15-7-8-26-19(10-15)16(12-25-26)11-20(27)28;1-4(2)3;/h5-10,12-13H,1-4,11H2,(H,27,28);1H3;/q-2;-1;+1. The average Bonchev–Trinajstić information content (AvgIpc) is 3.09. The van der Waals surface area contributed by atoms with Crippen LogP contribution in [0.5, 0.6) is 0 Å². The summed E-state index contributed by atoms with van der Waals surface area (Å²) in [4.78, 5) is 11.0. The van der Waals surface area contributed by atoms with E-state index in [0.29, 0.717) is 29.5 Å². The third kappa shape index (κ3) is 7.63. The predicted molar refractivity (Wildman–Crippen MR) is 114 cm³/mol. The van der Waals surface area contributed by atoms with E-state index < -0.39 is 28.4 Å². The van der Waals surface area contributed by atoms with Crippen molar-refractivity contribution in [2.24, 2.45) is 0 Å². The minimum atomic E-state index is -4.52. The summed E-state index contributed by atoms with van der Waals surface area (Å²) < 4.78 is 60.3. The molecule has 0 saturated heterocycles. The van der Waals surface area contributed by atoms with Gasteiger partial charge < -0.3 is 27.4 Å². The number of hydrogen-bond donors (Lipinski definition) is 1. The second kappa shape index (κ2) is 12.3. The molecule has 11 heteroatoms. The molecule has 0 radical (unpaired) electrons. The maximum Gasteiger partial charge on any atom is 1.00 e. The van der Waals surface area contributed by atoms with Crippen molar-refractivity contribution in [3.8, 4) is 11.1 Å². The van der Waals surface area contributed by atoms with Crippen molar-refractivity contribution in [3.63, 3.8) is 0 Å². The van der Waals surface area contributed by atoms with E-state index in [-0.39, 0.29) is 36.8 Å². The van der Waals surface area contributed by atoms with Crippen molar-refractivity contribution in [3.05, 3.63) is 73.3 Å². The summed E-state index contributed by atoms with van der Waals surface area (Å²) in [5.74, 6) is -1.07. The number of nitrogens with zero attached hydrogens (tertiary/aromatic N) is 2. The van der Waals surface area contributed by atoms with Gasteiger partial charge in [-0.15, -0.1) is 0 Å². The minimum absolute atomic E-state index is 0. The van der Waals surface area contributed by atoms with E-state index >= 15 is 0 Å². The number of halogens is 3. The first-order chi connectivity index (χ1) is 15.0. The average molecular weight is 474 g/mol. The molecule has 0 aliphatic rings. The molecular weight excluding hydrogens is 452 g/mol. The van der Waals surface area contributed by atoms with Crippen LogP contribution in [0, 0.1) is 13.8 Å². The summed E-state index contributed by atoms with van der Waals surface area (Å²) in [6.07, 6.45) is 0.301. The number of pyridine rings is 1. The van der Waals surface area contributed by atoms with Gasteiger partial charge in [-0.1, -0.05) is 35.0 Å². The van der Waals surface area contributed by atoms with Crippen molar-refractivity contribution in [1.29, 1.82) is 0 Å². The Balaban J connectivity index is 0.00000101. The Morgan fingerprint density at radius 3 is 2.30 bits per heavy atom. The Morgan fingerprint density at radius 1 is 1.18 bits per heavy atom. The van der Waals surface area contributed by atoms with Gasteiger partial charge in [0.25, 0.3) is 0 Å². The number of carboxylic acid groups (broad SMARTS) is 1. The van der Waals surface area contributed by atoms with Gasteiger partial charge in [-0.3, -0.25) is 4.79 Å². The van der Waals surface area contributed by atoms with E-state index in [0.717, 1.165) is 17.9 Å². The van der Waals surface area contributed by atoms with Crippen LogP contribution < -0.4 is 18.9 Å². The smallest absolute Gasteiger partial charge is 0.481 e. The number of aromatic nitrogens is 2. The summed E-state index contributed by atoms with van der Waals surface area (Å²) in [6, 6.07) is 7.18. The zero-order valence-corrected chi connectivity index (χ0v) is 19.1. The van der Waals surface area contributed by atoms with Gasteiger partial charge in [0.2, 0.25) is 0 Å². The molecule has 0 amide bonds. The maximum absolute atomic E-state index is 13.6. The van der Waals surface area contributed by atoms with Crippen molar-refractivity contribution in [2.45, 2.75) is 31.4 Å². The van der Waals surface area contributed by atoms with E-state index in [1.165, 1.54) is 29.0 Å². The second-order valence-corrected chi connectivity index (χ2v) is 7.77. The molecule has 2 aromatic heterocycles. The molecule has 0 aliphatic heterocycles. The molecule has 6 nitrogen and oxygen atoms in total. The fourth-order valence-electron chi connectivity index (χ4n) is 3.28. The number of fused-ring (bicyclic) bond motifs is 1. The van der Waals surface area contributed by atoms with Crippen LogP contribution in [-0.2, 0) is 36.5 Å². The molecule has 0 bridgehead atoms. The van der Waals surface area contributed by atoms with Crippen molar-refractivity contribution < 1.29 is 50.4 Å². The Morgan fingerprint density at radius 2 is 1.79 bits per heavy atom. The van der Waals surface area contributed by atoms with E-state index in [4.69, 9.17) is 13.5 Å². The molecule has 33 heavy (non-hydrogen) atoms. The van der Waals surface area contributed by atoms with Crippen molar-refractivity contribution in [2.75, 3.05) is 6.26 Å². The van der Waals surface area contributed by atoms with Crippen LogP contribution in [-0.4, -0.2) is 26.9 Å². The molecule has 2 heterocycles. The number of benzene rings is 1. The Hall–Kier alpha value is -2.28. The first-order valence-electron chi connectivity index (χ1n) is 9.46. The number of hydrogen-bond acceptors (Lipinski definition) is 5. The number of rotatable bonds is 6. The molecule has 174 valence electrons. The van der Waals surface area contributed by atoms with Gasteiger partial charge in [-0.25, -0.2) is 4.52 Å². The zero-order valence-electron chi connectivity index (χ0n) is 18.3. The Labute approximate surface area is 203 Å². The van der Waals surface area contributed by atoms with Gasteiger partial charge >= 0.3 is 31.0 Å². The molecule has 0 spiro atoms. The van der Waals surface area contributed by atoms with Crippen LogP contribution in [0.3, 0.4) is 0 Å². The van der Waals surface area contributed by atoms with Gasteiger partial charge in [0.1, 0.15) is 0 Å². The summed E-state index contributed by atoms with van der Waals surface area (Å²) in [6.45, 7) is 7.70. The topological polar surface area (TPSA) is 88.7 Å². The van der Waals surface area contributed by atoms with Crippen LogP contribution >= 0.6 is 0 Å². The van der Waals surface area contributed by atoms with Gasteiger partial charge in [0, 0.05) is 11.8 Å². The van der Waals surface area contributed by atoms with Crippen molar-refractivity contribution >= 4 is 22.2 Å². The number of carboxylic acids is 1. The third-order valence-electron chi connectivity index (χ3n) is 4.77. The molecule has 0 aliphatic carbocycles. The Bertz CT molecular complexity index is 1160. The number of carbonyl (C=O) groups is 1. The molecule has 1 aromatic carbocycles. The van der Waals surface area contributed by atoms with Crippen LogP contribution in [0.2, 0.25) is 0 Å². The summed E-state index contributed by atoms with van der Waals surface area (Å²) in [5, 5.41) is 13.1. The van der Waals surface area contributed by atoms with Crippen LogP contribution in [0.4, 0.5) is 13.2 Å². The fourth-order valence-corrected chi connectivity index (χ4v) is 3.28. The van der Waals surface area contributed by atoms with Gasteiger partial charge in [0.15, 0.2) is 0 Å². The predicted octanol–water partition coefficient (Wildman–Crippen LogP) is 2.11. The molecule has 0 fully saturated rings. The first kappa shape index (κ1) is 28.7. The monoisotopic (exact) mass is 474 g/mol. The number of aliphatic carboxylic acids is 1. The molecule has 0 saturated carbocycles. The van der Waals surface area contributed by atoms with E-state index in [1.54, 1.807) is 12.1 Å². The molecule has 3 rings (SSSR count). The van der Waals surface area contributed by atoms with Crippen LogP contribution in [0.1, 0.15) is 35.4 Å². The number of alkyl halides is 3. The normalized spacial score (nSPS) is 11.3. The maximum atomic E-state index is 13.6. The Kier molecular flexibility index (Phi) is 10.7. The van der Waals surface area contributed by atoms with E-state index in [1.807, 2.05) is 0 Å². The van der Waals surface area contributed by atoms with Crippen molar-refractivity contribution in [1.82, 2.24) is 9.61 Å². The van der Waals surface area contributed by atoms with Gasteiger partial charge in [-0.05, 0) is 34.9 Å². The molecule has 3 aromatic rings. The summed E-state index contributed by atoms with van der Waals surface area (Å²) >= 11 is 0.